The first-order valence-corrected chi connectivity index (χ1v) is 10.0. The maximum Gasteiger partial charge on any atom is 0.164 e. The Morgan fingerprint density at radius 3 is 2.33 bits per heavy atom. The lowest BCUT2D eigenvalue weighted by molar-refractivity contribution is 0.185. The molecule has 0 bridgehead atoms. The van der Waals surface area contributed by atoms with Crippen LogP contribution in [0.15, 0.2) is 60.9 Å². The van der Waals surface area contributed by atoms with Crippen LogP contribution in [0.1, 0.15) is 18.9 Å². The van der Waals surface area contributed by atoms with E-state index >= 15 is 0 Å². The van der Waals surface area contributed by atoms with Gasteiger partial charge in [-0.05, 0) is 49.2 Å². The molecule has 0 saturated carbocycles. The summed E-state index contributed by atoms with van der Waals surface area (Å²) in [6.07, 6.45) is 3.33. The number of hydrazine groups is 1. The van der Waals surface area contributed by atoms with Crippen molar-refractivity contribution < 1.29 is 4.74 Å². The van der Waals surface area contributed by atoms with Crippen LogP contribution in [-0.2, 0) is 0 Å². The Bertz CT molecular complexity index is 1150. The van der Waals surface area contributed by atoms with Gasteiger partial charge in [0.15, 0.2) is 5.65 Å². The van der Waals surface area contributed by atoms with Gasteiger partial charge in [0, 0.05) is 18.7 Å². The van der Waals surface area contributed by atoms with Gasteiger partial charge in [0.05, 0.1) is 11.4 Å². The van der Waals surface area contributed by atoms with Gasteiger partial charge in [-0.15, -0.1) is 0 Å². The fourth-order valence-electron chi connectivity index (χ4n) is 3.89. The molecule has 0 radical (unpaired) electrons. The van der Waals surface area contributed by atoms with Crippen LogP contribution in [0, 0.1) is 0 Å². The summed E-state index contributed by atoms with van der Waals surface area (Å²) in [5, 5.41) is 7.54. The Morgan fingerprint density at radius 1 is 0.900 bits per heavy atom. The van der Waals surface area contributed by atoms with Crippen molar-refractivity contribution >= 4 is 16.9 Å². The molecule has 5 rings (SSSR count). The molecule has 2 aromatic carbocycles. The molecule has 0 unspecified atom stereocenters. The number of nitrogens with zero attached hydrogens (tertiary/aromatic N) is 5. The van der Waals surface area contributed by atoms with Crippen LogP contribution >= 0.6 is 0 Å². The smallest absolute Gasteiger partial charge is 0.164 e. The van der Waals surface area contributed by atoms with E-state index < -0.39 is 0 Å². The van der Waals surface area contributed by atoms with E-state index in [0.717, 1.165) is 59.7 Å². The number of piperidine rings is 1. The van der Waals surface area contributed by atoms with Crippen molar-refractivity contribution in [1.29, 1.82) is 0 Å². The third-order valence-electron chi connectivity index (χ3n) is 5.47. The molecule has 0 atom stereocenters. The van der Waals surface area contributed by atoms with E-state index in [9.17, 15) is 0 Å². The second-order valence-corrected chi connectivity index (χ2v) is 7.46. The van der Waals surface area contributed by atoms with E-state index in [2.05, 4.69) is 9.97 Å². The normalized spacial score (nSPS) is 15.5. The van der Waals surface area contributed by atoms with Gasteiger partial charge in [-0.1, -0.05) is 18.2 Å². The average molecular weight is 401 g/mol. The molecule has 8 nitrogen and oxygen atoms in total. The second kappa shape index (κ2) is 7.74. The molecule has 3 heterocycles. The molecule has 1 aliphatic rings. The molecule has 1 saturated heterocycles. The van der Waals surface area contributed by atoms with Crippen molar-refractivity contribution in [3.05, 3.63) is 60.9 Å². The van der Waals surface area contributed by atoms with Crippen LogP contribution in [0.2, 0.25) is 0 Å². The summed E-state index contributed by atoms with van der Waals surface area (Å²) in [5.74, 6) is 7.91. The van der Waals surface area contributed by atoms with Gasteiger partial charge in [-0.2, -0.15) is 5.10 Å². The van der Waals surface area contributed by atoms with Crippen molar-refractivity contribution in [1.82, 2.24) is 24.8 Å². The lowest BCUT2D eigenvalue weighted by Crippen LogP contribution is -2.39. The molecule has 4 aromatic rings. The molecule has 4 N–H and O–H groups in total. The third-order valence-corrected chi connectivity index (χ3v) is 5.47. The van der Waals surface area contributed by atoms with Crippen LogP contribution < -0.4 is 16.3 Å². The Morgan fingerprint density at radius 2 is 1.60 bits per heavy atom. The lowest BCUT2D eigenvalue weighted by atomic mass is 10.1. The minimum atomic E-state index is 0.232. The summed E-state index contributed by atoms with van der Waals surface area (Å²) in [7, 11) is 0. The highest BCUT2D eigenvalue weighted by Gasteiger charge is 2.25. The number of ether oxygens (including phenoxy) is 1. The average Bonchev–Trinajstić information content (AvgIpc) is 3.17. The van der Waals surface area contributed by atoms with Crippen LogP contribution in [-0.4, -0.2) is 37.8 Å². The van der Waals surface area contributed by atoms with Gasteiger partial charge in [-0.3, -0.25) is 5.84 Å². The lowest BCUT2D eigenvalue weighted by Gasteiger charge is -2.28. The fourth-order valence-corrected chi connectivity index (χ4v) is 3.89. The quantitative estimate of drug-likeness (QED) is 0.505. The summed E-state index contributed by atoms with van der Waals surface area (Å²) in [6, 6.07) is 17.8. The maximum absolute atomic E-state index is 6.23. The molecule has 152 valence electrons. The van der Waals surface area contributed by atoms with Crippen molar-refractivity contribution in [2.75, 3.05) is 18.8 Å². The minimum absolute atomic E-state index is 0.232. The predicted octanol–water partition coefficient (Wildman–Crippen LogP) is 3.38. The Kier molecular flexibility index (Phi) is 4.78. The molecule has 8 heteroatoms. The molecule has 30 heavy (non-hydrogen) atoms. The molecule has 2 aromatic heterocycles. The van der Waals surface area contributed by atoms with E-state index in [1.54, 1.807) is 0 Å². The summed E-state index contributed by atoms with van der Waals surface area (Å²) < 4.78 is 7.89. The number of hydrogen-bond acceptors (Lipinski definition) is 7. The first kappa shape index (κ1) is 18.5. The monoisotopic (exact) mass is 401 g/mol. The van der Waals surface area contributed by atoms with Crippen LogP contribution in [0.5, 0.6) is 11.5 Å². The summed E-state index contributed by atoms with van der Waals surface area (Å²) in [6.45, 7) is 1.65. The van der Waals surface area contributed by atoms with Crippen molar-refractivity contribution in [3.63, 3.8) is 0 Å². The highest BCUT2D eigenvalue weighted by Crippen LogP contribution is 2.34. The zero-order valence-corrected chi connectivity index (χ0v) is 16.5. The van der Waals surface area contributed by atoms with E-state index in [1.165, 1.54) is 6.33 Å². The van der Waals surface area contributed by atoms with E-state index in [-0.39, 0.29) is 6.04 Å². The molecular formula is C22H23N7O. The Labute approximate surface area is 174 Å². The number of hydrogen-bond donors (Lipinski definition) is 2. The topological polar surface area (TPSA) is 108 Å². The van der Waals surface area contributed by atoms with Gasteiger partial charge in [0.2, 0.25) is 0 Å². The summed E-state index contributed by atoms with van der Waals surface area (Å²) >= 11 is 0. The van der Waals surface area contributed by atoms with Gasteiger partial charge in [0.25, 0.3) is 0 Å². The Balaban J connectivity index is 1.51. The van der Waals surface area contributed by atoms with E-state index in [0.29, 0.717) is 5.82 Å². The number of anilines is 1. The molecule has 0 amide bonds. The maximum atomic E-state index is 6.23. The van der Waals surface area contributed by atoms with Crippen LogP contribution in [0.3, 0.4) is 0 Å². The first-order chi connectivity index (χ1) is 14.7. The van der Waals surface area contributed by atoms with Gasteiger partial charge in [0.1, 0.15) is 29.3 Å². The Hall–Kier alpha value is -3.49. The van der Waals surface area contributed by atoms with Crippen LogP contribution in [0.4, 0.5) is 5.82 Å². The number of rotatable bonds is 4. The van der Waals surface area contributed by atoms with Gasteiger partial charge in [-0.25, -0.2) is 19.7 Å². The first-order valence-electron chi connectivity index (χ1n) is 10.0. The van der Waals surface area contributed by atoms with Crippen LogP contribution in [0.25, 0.3) is 22.3 Å². The molecule has 1 fully saturated rings. The van der Waals surface area contributed by atoms with E-state index in [4.69, 9.17) is 21.4 Å². The zero-order valence-electron chi connectivity index (χ0n) is 16.5. The minimum Gasteiger partial charge on any atom is -0.457 e. The van der Waals surface area contributed by atoms with Gasteiger partial charge < -0.3 is 10.5 Å². The molecule has 0 spiro atoms. The van der Waals surface area contributed by atoms with Crippen molar-refractivity contribution in [2.45, 2.75) is 18.9 Å². The SMILES string of the molecule is Nc1ncnc2c1c(-c1ccc(Oc3ccccc3)cc1)nn2C1CCN(N)CC1. The molecule has 1 aliphatic heterocycles. The van der Waals surface area contributed by atoms with Crippen molar-refractivity contribution in [2.24, 2.45) is 5.84 Å². The standard InChI is InChI=1S/C22H23N7O/c23-21-19-20(15-6-8-18(9-7-15)30-17-4-2-1-3-5-17)27-29(22(19)26-14-25-21)16-10-12-28(24)13-11-16/h1-9,14,16H,10-13,24H2,(H2,23,25,26). The molecular weight excluding hydrogens is 378 g/mol. The molecule has 0 aliphatic carbocycles. The van der Waals surface area contributed by atoms with Gasteiger partial charge >= 0.3 is 0 Å². The number of para-hydroxylation sites is 1. The zero-order chi connectivity index (χ0) is 20.5. The largest absolute Gasteiger partial charge is 0.457 e. The number of fused-ring (bicyclic) bond motifs is 1. The number of benzene rings is 2. The predicted molar refractivity (Wildman–Crippen MR) is 116 cm³/mol. The number of aromatic nitrogens is 4. The second-order valence-electron chi connectivity index (χ2n) is 7.46. The highest BCUT2D eigenvalue weighted by molar-refractivity contribution is 5.98. The number of nitrogens with two attached hydrogens (primary N) is 2. The summed E-state index contributed by atoms with van der Waals surface area (Å²) in [4.78, 5) is 8.69. The fraction of sp³-hybridized carbons (Fsp3) is 0.227. The number of nitrogen functional groups attached to an aromatic ring is 1. The third kappa shape index (κ3) is 3.47. The highest BCUT2D eigenvalue weighted by atomic mass is 16.5. The van der Waals surface area contributed by atoms with E-state index in [1.807, 2.05) is 64.3 Å². The van der Waals surface area contributed by atoms with Crippen molar-refractivity contribution in [3.8, 4) is 22.8 Å². The summed E-state index contributed by atoms with van der Waals surface area (Å²) in [5.41, 5.74) is 8.72.